The molecule has 1 aliphatic rings. The molecule has 0 atom stereocenters. The predicted octanol–water partition coefficient (Wildman–Crippen LogP) is 7.45. The van der Waals surface area contributed by atoms with Crippen molar-refractivity contribution in [2.45, 2.75) is 31.4 Å². The van der Waals surface area contributed by atoms with E-state index in [9.17, 15) is 35.1 Å². The summed E-state index contributed by atoms with van der Waals surface area (Å²) in [5, 5.41) is 0. The molecule has 0 saturated carbocycles. The molecule has 0 N–H and O–H groups in total. The molecule has 1 fully saturated rings. The lowest BCUT2D eigenvalue weighted by Gasteiger charge is -2.27. The lowest BCUT2D eigenvalue weighted by molar-refractivity contribution is -0.361. The smallest absolute Gasteiger partial charge is 0.423 e. The first-order valence-electron chi connectivity index (χ1n) is 10.6. The van der Waals surface area contributed by atoms with Crippen LogP contribution in [-0.2, 0) is 9.47 Å². The van der Waals surface area contributed by atoms with E-state index in [1.165, 1.54) is 30.3 Å². The van der Waals surface area contributed by atoms with Crippen LogP contribution in [0.1, 0.15) is 18.4 Å². The molecule has 3 nitrogen and oxygen atoms in total. The molecule has 0 radical (unpaired) electrons. The largest absolute Gasteiger partial charge is 0.499 e. The Balaban J connectivity index is 1.55. The van der Waals surface area contributed by atoms with Gasteiger partial charge in [0.15, 0.2) is 17.9 Å². The average molecular weight is 518 g/mol. The van der Waals surface area contributed by atoms with Crippen LogP contribution in [0.5, 0.6) is 5.75 Å². The van der Waals surface area contributed by atoms with Crippen LogP contribution in [0, 0.1) is 17.5 Å². The Morgan fingerprint density at radius 3 is 1.86 bits per heavy atom. The molecule has 1 saturated heterocycles. The predicted molar refractivity (Wildman–Crippen MR) is 113 cm³/mol. The van der Waals surface area contributed by atoms with Crippen LogP contribution in [0.3, 0.4) is 0 Å². The molecular weight excluding hydrogens is 500 g/mol. The van der Waals surface area contributed by atoms with Crippen molar-refractivity contribution in [3.05, 3.63) is 77.6 Å². The molecule has 36 heavy (non-hydrogen) atoms. The van der Waals surface area contributed by atoms with Gasteiger partial charge in [0, 0.05) is 17.0 Å². The van der Waals surface area contributed by atoms with Crippen LogP contribution in [-0.4, -0.2) is 31.8 Å². The van der Waals surface area contributed by atoms with Gasteiger partial charge in [-0.25, -0.2) is 8.78 Å². The lowest BCUT2D eigenvalue weighted by Crippen LogP contribution is -2.42. The van der Waals surface area contributed by atoms with E-state index in [0.717, 1.165) is 6.07 Å². The lowest BCUT2D eigenvalue weighted by atomic mass is 9.95. The van der Waals surface area contributed by atoms with Crippen molar-refractivity contribution in [2.75, 3.05) is 13.2 Å². The van der Waals surface area contributed by atoms with Crippen LogP contribution in [0.4, 0.5) is 35.1 Å². The third-order valence-electron chi connectivity index (χ3n) is 5.65. The molecule has 4 rings (SSSR count). The van der Waals surface area contributed by atoms with Crippen LogP contribution in [0.15, 0.2) is 54.6 Å². The van der Waals surface area contributed by atoms with Crippen molar-refractivity contribution >= 4 is 0 Å². The summed E-state index contributed by atoms with van der Waals surface area (Å²) in [6.45, 7) is 2.53. The maximum absolute atomic E-state index is 14.8. The fourth-order valence-corrected chi connectivity index (χ4v) is 3.67. The highest BCUT2D eigenvalue weighted by Crippen LogP contribution is 2.40. The average Bonchev–Trinajstić information content (AvgIpc) is 2.82. The first-order valence-corrected chi connectivity index (χ1v) is 10.6. The van der Waals surface area contributed by atoms with Crippen molar-refractivity contribution in [3.63, 3.8) is 0 Å². The second-order valence-corrected chi connectivity index (χ2v) is 8.10. The first-order chi connectivity index (χ1) is 16.9. The zero-order valence-corrected chi connectivity index (χ0v) is 18.5. The molecule has 3 aromatic rings. The summed E-state index contributed by atoms with van der Waals surface area (Å²) in [5.41, 5.74) is 1.01. The van der Waals surface area contributed by atoms with Gasteiger partial charge in [0.05, 0.1) is 13.2 Å². The molecule has 3 aromatic carbocycles. The number of hydrogen-bond acceptors (Lipinski definition) is 3. The van der Waals surface area contributed by atoms with E-state index < -0.39 is 41.0 Å². The first kappa shape index (κ1) is 25.9. The SMILES string of the molecule is CC1OCC(c2ccc(-c3ccc(-c4ccc(OC(F)(F)C(F)(F)F)c(F)c4F)cc3)c(F)c2)CO1. The molecule has 0 spiro atoms. The van der Waals surface area contributed by atoms with Crippen molar-refractivity contribution in [1.82, 2.24) is 0 Å². The van der Waals surface area contributed by atoms with Crippen molar-refractivity contribution in [1.29, 1.82) is 0 Å². The molecule has 1 heterocycles. The van der Waals surface area contributed by atoms with Gasteiger partial charge in [0.1, 0.15) is 5.82 Å². The summed E-state index contributed by atoms with van der Waals surface area (Å²) in [5.74, 6) is -5.94. The van der Waals surface area contributed by atoms with E-state index in [2.05, 4.69) is 4.74 Å². The number of ether oxygens (including phenoxy) is 3. The molecule has 0 aromatic heterocycles. The van der Waals surface area contributed by atoms with Gasteiger partial charge in [-0.2, -0.15) is 26.3 Å². The Morgan fingerprint density at radius 1 is 0.750 bits per heavy atom. The molecule has 192 valence electrons. The molecule has 0 aliphatic carbocycles. The van der Waals surface area contributed by atoms with Gasteiger partial charge < -0.3 is 14.2 Å². The van der Waals surface area contributed by atoms with Gasteiger partial charge in [-0.15, -0.1) is 0 Å². The second kappa shape index (κ2) is 9.70. The Labute approximate surface area is 200 Å². The van der Waals surface area contributed by atoms with Gasteiger partial charge in [0.2, 0.25) is 5.82 Å². The monoisotopic (exact) mass is 518 g/mol. The van der Waals surface area contributed by atoms with Gasteiger partial charge in [-0.1, -0.05) is 36.4 Å². The van der Waals surface area contributed by atoms with Crippen molar-refractivity contribution in [3.8, 4) is 28.0 Å². The normalized spacial score (nSPS) is 18.8. The topological polar surface area (TPSA) is 27.7 Å². The summed E-state index contributed by atoms with van der Waals surface area (Å²) >= 11 is 0. The summed E-state index contributed by atoms with van der Waals surface area (Å²) in [6, 6.07) is 11.4. The molecule has 0 unspecified atom stereocenters. The maximum atomic E-state index is 14.8. The maximum Gasteiger partial charge on any atom is 0.499 e. The number of halogens is 8. The number of hydrogen-bond donors (Lipinski definition) is 0. The number of alkyl halides is 5. The highest BCUT2D eigenvalue weighted by atomic mass is 19.4. The Bertz CT molecular complexity index is 1230. The number of rotatable bonds is 5. The van der Waals surface area contributed by atoms with Gasteiger partial charge >= 0.3 is 12.3 Å². The van der Waals surface area contributed by atoms with Crippen LogP contribution >= 0.6 is 0 Å². The fourth-order valence-electron chi connectivity index (χ4n) is 3.67. The van der Waals surface area contributed by atoms with E-state index in [1.54, 1.807) is 19.1 Å². The molecular formula is C25H18F8O3. The van der Waals surface area contributed by atoms with Gasteiger partial charge in [-0.05, 0) is 41.8 Å². The molecule has 11 heteroatoms. The zero-order chi connectivity index (χ0) is 26.3. The van der Waals surface area contributed by atoms with Crippen molar-refractivity contribution in [2.24, 2.45) is 0 Å². The third-order valence-corrected chi connectivity index (χ3v) is 5.65. The Hall–Kier alpha value is -3.18. The van der Waals surface area contributed by atoms with Crippen LogP contribution < -0.4 is 4.74 Å². The van der Waals surface area contributed by atoms with Crippen LogP contribution in [0.25, 0.3) is 22.3 Å². The quantitative estimate of drug-likeness (QED) is 0.329. The molecule has 1 aliphatic heterocycles. The van der Waals surface area contributed by atoms with Crippen LogP contribution in [0.2, 0.25) is 0 Å². The molecule has 0 amide bonds. The van der Waals surface area contributed by atoms with Crippen molar-refractivity contribution < 1.29 is 49.3 Å². The third kappa shape index (κ3) is 5.17. The minimum absolute atomic E-state index is 0.0759. The fraction of sp³-hybridized carbons (Fsp3) is 0.280. The Kier molecular flexibility index (Phi) is 6.98. The van der Waals surface area contributed by atoms with Gasteiger partial charge in [0.25, 0.3) is 0 Å². The van der Waals surface area contributed by atoms with Gasteiger partial charge in [-0.3, -0.25) is 0 Å². The number of benzene rings is 3. The summed E-state index contributed by atoms with van der Waals surface area (Å²) in [7, 11) is 0. The summed E-state index contributed by atoms with van der Waals surface area (Å²) < 4.78 is 121. The highest BCUT2D eigenvalue weighted by molar-refractivity contribution is 5.71. The van der Waals surface area contributed by atoms with E-state index in [-0.39, 0.29) is 23.3 Å². The standard InChI is InChI=1S/C25H18F8O3/c1-13-34-11-17(12-35-13)16-6-7-18(20(26)10-16)14-2-4-15(5-3-14)19-8-9-21(23(28)22(19)27)36-25(32,33)24(29,30)31/h2-10,13,17H,11-12H2,1H3. The minimum Gasteiger partial charge on any atom is -0.423 e. The summed E-state index contributed by atoms with van der Waals surface area (Å²) in [6.07, 6.45) is -12.2. The Morgan fingerprint density at radius 2 is 1.31 bits per heavy atom. The van der Waals surface area contributed by atoms with E-state index in [4.69, 9.17) is 9.47 Å². The minimum atomic E-state index is -6.12. The van der Waals surface area contributed by atoms with E-state index in [0.29, 0.717) is 30.4 Å². The highest BCUT2D eigenvalue weighted by Gasteiger charge is 2.61. The zero-order valence-electron chi connectivity index (χ0n) is 18.5. The van der Waals surface area contributed by atoms with E-state index in [1.807, 2.05) is 0 Å². The van der Waals surface area contributed by atoms with E-state index >= 15 is 0 Å². The summed E-state index contributed by atoms with van der Waals surface area (Å²) in [4.78, 5) is 0. The molecule has 0 bridgehead atoms. The second-order valence-electron chi connectivity index (χ2n) is 8.10.